The Morgan fingerprint density at radius 3 is 3.20 bits per heavy atom. The van der Waals surface area contributed by atoms with Crippen molar-refractivity contribution in [2.45, 2.75) is 18.4 Å². The number of hydrogen-bond donors (Lipinski definition) is 1. The van der Waals surface area contributed by atoms with Crippen LogP contribution in [0.15, 0.2) is 22.7 Å². The minimum Gasteiger partial charge on any atom is -0.369 e. The van der Waals surface area contributed by atoms with Crippen LogP contribution in [0.25, 0.3) is 0 Å². The molecular formula is C12H15BrN2. The molecule has 3 rings (SSSR count). The van der Waals surface area contributed by atoms with Gasteiger partial charge in [0.25, 0.3) is 0 Å². The van der Waals surface area contributed by atoms with E-state index in [0.717, 1.165) is 19.0 Å². The van der Waals surface area contributed by atoms with Crippen molar-refractivity contribution in [1.29, 1.82) is 0 Å². The van der Waals surface area contributed by atoms with Gasteiger partial charge in [-0.25, -0.2) is 0 Å². The molecule has 0 aliphatic carbocycles. The summed E-state index contributed by atoms with van der Waals surface area (Å²) in [5, 5.41) is 3.48. The number of hydrogen-bond acceptors (Lipinski definition) is 2. The van der Waals surface area contributed by atoms with Crippen molar-refractivity contribution in [3.8, 4) is 0 Å². The summed E-state index contributed by atoms with van der Waals surface area (Å²) in [7, 11) is 2.21. The van der Waals surface area contributed by atoms with Gasteiger partial charge < -0.3 is 10.2 Å². The van der Waals surface area contributed by atoms with E-state index in [1.807, 2.05) is 0 Å². The molecule has 2 unspecified atom stereocenters. The Labute approximate surface area is 98.8 Å². The molecule has 2 aliphatic rings. The molecule has 1 aromatic rings. The quantitative estimate of drug-likeness (QED) is 0.776. The summed E-state index contributed by atoms with van der Waals surface area (Å²) < 4.78 is 1.18. The van der Waals surface area contributed by atoms with Gasteiger partial charge in [0.2, 0.25) is 0 Å². The summed E-state index contributed by atoms with van der Waals surface area (Å²) in [6.45, 7) is 2.28. The maximum absolute atomic E-state index is 3.55. The molecular weight excluding hydrogens is 252 g/mol. The third kappa shape index (κ3) is 1.41. The molecule has 1 aromatic carbocycles. The van der Waals surface area contributed by atoms with Gasteiger partial charge in [-0.2, -0.15) is 0 Å². The Morgan fingerprint density at radius 2 is 2.33 bits per heavy atom. The maximum atomic E-state index is 3.55. The molecule has 0 bridgehead atoms. The first-order chi connectivity index (χ1) is 7.27. The molecule has 2 atom stereocenters. The second-order valence-corrected chi connectivity index (χ2v) is 5.40. The number of nitrogens with one attached hydrogen (secondary N) is 1. The van der Waals surface area contributed by atoms with E-state index in [-0.39, 0.29) is 0 Å². The first-order valence-electron chi connectivity index (χ1n) is 5.50. The monoisotopic (exact) mass is 266 g/mol. The van der Waals surface area contributed by atoms with Gasteiger partial charge >= 0.3 is 0 Å². The van der Waals surface area contributed by atoms with Crippen LogP contribution in [0.3, 0.4) is 0 Å². The number of halogens is 1. The zero-order chi connectivity index (χ0) is 10.4. The van der Waals surface area contributed by atoms with Crippen LogP contribution >= 0.6 is 15.9 Å². The van der Waals surface area contributed by atoms with Crippen molar-refractivity contribution in [3.63, 3.8) is 0 Å². The van der Waals surface area contributed by atoms with Crippen molar-refractivity contribution >= 4 is 21.6 Å². The Morgan fingerprint density at radius 1 is 1.47 bits per heavy atom. The lowest BCUT2D eigenvalue weighted by Gasteiger charge is -2.31. The Kier molecular flexibility index (Phi) is 2.25. The minimum absolute atomic E-state index is 0.656. The molecule has 0 aromatic heterocycles. The van der Waals surface area contributed by atoms with E-state index in [9.17, 15) is 0 Å². The molecule has 2 aliphatic heterocycles. The highest BCUT2D eigenvalue weighted by Gasteiger charge is 2.37. The van der Waals surface area contributed by atoms with Gasteiger partial charge in [0.05, 0.1) is 0 Å². The summed E-state index contributed by atoms with van der Waals surface area (Å²) in [5.41, 5.74) is 2.94. The van der Waals surface area contributed by atoms with Crippen LogP contribution in [-0.4, -0.2) is 26.2 Å². The molecule has 1 saturated heterocycles. The SMILES string of the molecule is CN1c2cc(Br)ccc2C2CCNCC21. The fourth-order valence-electron chi connectivity index (χ4n) is 2.93. The highest BCUT2D eigenvalue weighted by molar-refractivity contribution is 9.10. The van der Waals surface area contributed by atoms with Gasteiger partial charge in [-0.15, -0.1) is 0 Å². The Hall–Kier alpha value is -0.540. The fraction of sp³-hybridized carbons (Fsp3) is 0.500. The molecule has 15 heavy (non-hydrogen) atoms. The number of fused-ring (bicyclic) bond motifs is 3. The number of piperidine rings is 1. The van der Waals surface area contributed by atoms with Crippen LogP contribution in [0.5, 0.6) is 0 Å². The highest BCUT2D eigenvalue weighted by Crippen LogP contribution is 2.43. The average Bonchev–Trinajstić information content (AvgIpc) is 2.54. The zero-order valence-electron chi connectivity index (χ0n) is 8.83. The molecule has 0 spiro atoms. The number of nitrogens with zero attached hydrogens (tertiary/aromatic N) is 1. The van der Waals surface area contributed by atoms with Crippen LogP contribution < -0.4 is 10.2 Å². The number of benzene rings is 1. The van der Waals surface area contributed by atoms with Gasteiger partial charge in [0.15, 0.2) is 0 Å². The minimum atomic E-state index is 0.656. The average molecular weight is 267 g/mol. The second kappa shape index (κ2) is 3.49. The molecule has 2 heterocycles. The second-order valence-electron chi connectivity index (χ2n) is 4.48. The number of rotatable bonds is 0. The normalized spacial score (nSPS) is 28.8. The fourth-order valence-corrected chi connectivity index (χ4v) is 3.28. The number of likely N-dealkylation sites (N-methyl/N-ethyl adjacent to an activating group) is 1. The predicted octanol–water partition coefficient (Wildman–Crippen LogP) is 2.34. The third-order valence-electron chi connectivity index (χ3n) is 3.72. The first-order valence-corrected chi connectivity index (χ1v) is 6.29. The van der Waals surface area contributed by atoms with Crippen molar-refractivity contribution in [3.05, 3.63) is 28.2 Å². The van der Waals surface area contributed by atoms with Crippen LogP contribution in [0, 0.1) is 0 Å². The molecule has 0 saturated carbocycles. The Bertz CT molecular complexity index is 391. The van der Waals surface area contributed by atoms with Crippen molar-refractivity contribution in [1.82, 2.24) is 5.32 Å². The maximum Gasteiger partial charge on any atom is 0.0481 e. The lowest BCUT2D eigenvalue weighted by atomic mass is 9.89. The molecule has 2 nitrogen and oxygen atoms in total. The summed E-state index contributed by atoms with van der Waals surface area (Å²) >= 11 is 3.55. The molecule has 3 heteroatoms. The van der Waals surface area contributed by atoms with E-state index < -0.39 is 0 Å². The molecule has 0 amide bonds. The summed E-state index contributed by atoms with van der Waals surface area (Å²) in [5.74, 6) is 0.736. The zero-order valence-corrected chi connectivity index (χ0v) is 10.4. The Balaban J connectivity index is 2.07. The lowest BCUT2D eigenvalue weighted by Crippen LogP contribution is -2.44. The molecule has 0 radical (unpaired) electrons. The van der Waals surface area contributed by atoms with E-state index in [1.54, 1.807) is 0 Å². The summed E-state index contributed by atoms with van der Waals surface area (Å²) in [6.07, 6.45) is 1.27. The van der Waals surface area contributed by atoms with Crippen LogP contribution in [0.4, 0.5) is 5.69 Å². The highest BCUT2D eigenvalue weighted by atomic mass is 79.9. The largest absolute Gasteiger partial charge is 0.369 e. The molecule has 1 fully saturated rings. The van der Waals surface area contributed by atoms with E-state index in [0.29, 0.717) is 6.04 Å². The predicted molar refractivity (Wildman–Crippen MR) is 66.6 cm³/mol. The van der Waals surface area contributed by atoms with E-state index >= 15 is 0 Å². The topological polar surface area (TPSA) is 15.3 Å². The van der Waals surface area contributed by atoms with Gasteiger partial charge in [-0.1, -0.05) is 22.0 Å². The van der Waals surface area contributed by atoms with Crippen LogP contribution in [-0.2, 0) is 0 Å². The van der Waals surface area contributed by atoms with Crippen molar-refractivity contribution < 1.29 is 0 Å². The van der Waals surface area contributed by atoms with E-state index in [2.05, 4.69) is 51.4 Å². The number of anilines is 1. The van der Waals surface area contributed by atoms with E-state index in [1.165, 1.54) is 22.1 Å². The molecule has 80 valence electrons. The summed E-state index contributed by atoms with van der Waals surface area (Å²) in [6, 6.07) is 7.35. The smallest absolute Gasteiger partial charge is 0.0481 e. The summed E-state index contributed by atoms with van der Waals surface area (Å²) in [4.78, 5) is 2.43. The van der Waals surface area contributed by atoms with Crippen LogP contribution in [0.2, 0.25) is 0 Å². The third-order valence-corrected chi connectivity index (χ3v) is 4.21. The van der Waals surface area contributed by atoms with Crippen LogP contribution in [0.1, 0.15) is 17.9 Å². The van der Waals surface area contributed by atoms with Crippen molar-refractivity contribution in [2.24, 2.45) is 0 Å². The standard InChI is InChI=1S/C12H15BrN2/c1-15-11-6-8(13)2-3-9(11)10-4-5-14-7-12(10)15/h2-3,6,10,12,14H,4-5,7H2,1H3. The van der Waals surface area contributed by atoms with Gasteiger partial charge in [-0.05, 0) is 30.7 Å². The van der Waals surface area contributed by atoms with Gasteiger partial charge in [0, 0.05) is 35.7 Å². The van der Waals surface area contributed by atoms with E-state index in [4.69, 9.17) is 0 Å². The van der Waals surface area contributed by atoms with Crippen molar-refractivity contribution in [2.75, 3.05) is 25.0 Å². The van der Waals surface area contributed by atoms with Gasteiger partial charge in [0.1, 0.15) is 0 Å². The first kappa shape index (κ1) is 9.67. The molecule has 1 N–H and O–H groups in total. The lowest BCUT2D eigenvalue weighted by molar-refractivity contribution is 0.413. The van der Waals surface area contributed by atoms with Gasteiger partial charge in [-0.3, -0.25) is 0 Å².